The van der Waals surface area contributed by atoms with Crippen molar-refractivity contribution in [3.63, 3.8) is 0 Å². The van der Waals surface area contributed by atoms with Crippen molar-refractivity contribution in [2.24, 2.45) is 0 Å². The number of hydrogen-bond donors (Lipinski definition) is 1. The lowest BCUT2D eigenvalue weighted by molar-refractivity contribution is 0.0524. The quantitative estimate of drug-likeness (QED) is 0.686. The third kappa shape index (κ3) is 4.06. The second kappa shape index (κ2) is 8.59. The molecule has 27 heavy (non-hydrogen) atoms. The summed E-state index contributed by atoms with van der Waals surface area (Å²) in [6.45, 7) is 5.71. The van der Waals surface area contributed by atoms with E-state index >= 15 is 0 Å². The van der Waals surface area contributed by atoms with Crippen LogP contribution in [0.4, 0.5) is 10.1 Å². The number of pyridine rings is 1. The van der Waals surface area contributed by atoms with Crippen molar-refractivity contribution in [1.82, 2.24) is 14.8 Å². The average Bonchev–Trinajstić information content (AvgIpc) is 2.65. The highest BCUT2D eigenvalue weighted by molar-refractivity contribution is 6.31. The number of aromatic nitrogens is 3. The molecular weight excluding hydrogens is 375 g/mol. The van der Waals surface area contributed by atoms with Crippen LogP contribution in [0.5, 0.6) is 0 Å². The molecule has 0 saturated carbocycles. The van der Waals surface area contributed by atoms with E-state index in [0.717, 1.165) is 12.1 Å². The van der Waals surface area contributed by atoms with Crippen molar-refractivity contribution in [2.75, 3.05) is 12.3 Å². The smallest absolute Gasteiger partial charge is 0.343 e. The summed E-state index contributed by atoms with van der Waals surface area (Å²) >= 11 is 5.79. The van der Waals surface area contributed by atoms with E-state index < -0.39 is 17.2 Å². The number of anilines is 1. The van der Waals surface area contributed by atoms with Crippen LogP contribution in [0.15, 0.2) is 35.4 Å². The predicted molar refractivity (Wildman–Crippen MR) is 102 cm³/mol. The Morgan fingerprint density at radius 1 is 1.33 bits per heavy atom. The number of ether oxygens (including phenoxy) is 1. The van der Waals surface area contributed by atoms with Crippen LogP contribution < -0.4 is 11.2 Å². The number of nitrogen functional groups attached to an aromatic ring is 1. The lowest BCUT2D eigenvalue weighted by atomic mass is 10.1. The number of rotatable bonds is 3. The summed E-state index contributed by atoms with van der Waals surface area (Å²) in [4.78, 5) is 24.7. The molecular formula is C18H18ClFN4O3. The van der Waals surface area contributed by atoms with E-state index in [1.807, 2.05) is 13.8 Å². The Hall–Kier alpha value is -3.00. The summed E-state index contributed by atoms with van der Waals surface area (Å²) in [7, 11) is 0. The van der Waals surface area contributed by atoms with Gasteiger partial charge in [-0.3, -0.25) is 9.36 Å². The first kappa shape index (κ1) is 20.3. The van der Waals surface area contributed by atoms with Gasteiger partial charge in [-0.05, 0) is 13.0 Å². The number of benzene rings is 1. The lowest BCUT2D eigenvalue weighted by Crippen LogP contribution is -2.21. The van der Waals surface area contributed by atoms with Crippen molar-refractivity contribution >= 4 is 34.2 Å². The molecule has 0 radical (unpaired) electrons. The fourth-order valence-electron chi connectivity index (χ4n) is 2.35. The molecule has 0 aliphatic rings. The van der Waals surface area contributed by atoms with Crippen molar-refractivity contribution in [3.8, 4) is 5.82 Å². The van der Waals surface area contributed by atoms with Gasteiger partial charge in [0.05, 0.1) is 29.0 Å². The topological polar surface area (TPSA) is 100 Å². The minimum absolute atomic E-state index is 0.0428. The highest BCUT2D eigenvalue weighted by Gasteiger charge is 2.19. The number of nitrogens with two attached hydrogens (primary N) is 1. The van der Waals surface area contributed by atoms with Crippen LogP contribution in [0.2, 0.25) is 5.02 Å². The van der Waals surface area contributed by atoms with Crippen LogP contribution in [-0.2, 0) is 4.74 Å². The van der Waals surface area contributed by atoms with Crippen LogP contribution in [0.3, 0.4) is 0 Å². The van der Waals surface area contributed by atoms with Gasteiger partial charge in [-0.15, -0.1) is 5.10 Å². The molecule has 142 valence electrons. The molecule has 0 unspecified atom stereocenters. The van der Waals surface area contributed by atoms with Gasteiger partial charge >= 0.3 is 5.97 Å². The minimum Gasteiger partial charge on any atom is -0.462 e. The van der Waals surface area contributed by atoms with Crippen LogP contribution >= 0.6 is 11.6 Å². The van der Waals surface area contributed by atoms with Crippen LogP contribution in [0.25, 0.3) is 16.7 Å². The van der Waals surface area contributed by atoms with E-state index in [9.17, 15) is 14.0 Å². The van der Waals surface area contributed by atoms with Gasteiger partial charge in [0.25, 0.3) is 0 Å². The minimum atomic E-state index is -0.805. The maximum atomic E-state index is 13.9. The van der Waals surface area contributed by atoms with E-state index in [1.165, 1.54) is 23.0 Å². The first-order valence-corrected chi connectivity index (χ1v) is 8.60. The van der Waals surface area contributed by atoms with E-state index in [4.69, 9.17) is 22.1 Å². The Morgan fingerprint density at radius 2 is 2.04 bits per heavy atom. The highest BCUT2D eigenvalue weighted by atomic mass is 35.5. The molecule has 2 N–H and O–H groups in total. The number of carbonyl (C=O) groups excluding carboxylic acids is 1. The Kier molecular flexibility index (Phi) is 6.46. The molecule has 3 rings (SSSR count). The Balaban J connectivity index is 0.00000126. The molecule has 7 nitrogen and oxygen atoms in total. The standard InChI is InChI=1S/C16H12ClFN4O3.C2H6/c1-2-25-16(24)10-7-22(14-3-8(19)6-20-21-14)13-5-12(18)11(17)4-9(13)15(10)23;1-2/h3-7H,2H2,1H3,(H2,19,21);1-2H3. The number of fused-ring (bicyclic) bond motifs is 1. The van der Waals surface area contributed by atoms with Gasteiger partial charge in [-0.25, -0.2) is 9.18 Å². The molecule has 0 amide bonds. The summed E-state index contributed by atoms with van der Waals surface area (Å²) in [5.41, 5.74) is 5.32. The van der Waals surface area contributed by atoms with Crippen LogP contribution in [-0.4, -0.2) is 27.3 Å². The third-order valence-electron chi connectivity index (χ3n) is 3.45. The zero-order valence-corrected chi connectivity index (χ0v) is 15.7. The largest absolute Gasteiger partial charge is 0.462 e. The van der Waals surface area contributed by atoms with Gasteiger partial charge in [-0.1, -0.05) is 25.4 Å². The number of carbonyl (C=O) groups is 1. The van der Waals surface area contributed by atoms with Gasteiger partial charge in [0.1, 0.15) is 11.4 Å². The summed E-state index contributed by atoms with van der Waals surface area (Å²) in [6.07, 6.45) is 2.55. The first-order valence-electron chi connectivity index (χ1n) is 8.22. The Bertz CT molecular complexity index is 1050. The summed E-state index contributed by atoms with van der Waals surface area (Å²) in [5, 5.41) is 7.45. The third-order valence-corrected chi connectivity index (χ3v) is 3.74. The maximum Gasteiger partial charge on any atom is 0.343 e. The normalized spacial score (nSPS) is 10.3. The van der Waals surface area contributed by atoms with Gasteiger partial charge in [0.15, 0.2) is 5.82 Å². The van der Waals surface area contributed by atoms with Gasteiger partial charge < -0.3 is 10.5 Å². The van der Waals surface area contributed by atoms with E-state index in [-0.39, 0.29) is 33.9 Å². The van der Waals surface area contributed by atoms with Gasteiger partial charge in [0, 0.05) is 23.7 Å². The van der Waals surface area contributed by atoms with Crippen molar-refractivity contribution in [2.45, 2.75) is 20.8 Å². The zero-order valence-electron chi connectivity index (χ0n) is 15.0. The molecule has 0 saturated heterocycles. The SMILES string of the molecule is CC.CCOC(=O)c1cn(-c2cc(N)cnn2)c2cc(F)c(Cl)cc2c1=O. The fraction of sp³-hybridized carbons (Fsp3) is 0.222. The van der Waals surface area contributed by atoms with Gasteiger partial charge in [0.2, 0.25) is 5.43 Å². The molecule has 0 bridgehead atoms. The van der Waals surface area contributed by atoms with Crippen molar-refractivity contribution in [1.29, 1.82) is 0 Å². The zero-order chi connectivity index (χ0) is 20.1. The molecule has 0 atom stereocenters. The Labute approximate surface area is 159 Å². The summed E-state index contributed by atoms with van der Waals surface area (Å²) in [6, 6.07) is 3.71. The number of nitrogens with zero attached hydrogens (tertiary/aromatic N) is 3. The maximum absolute atomic E-state index is 13.9. The molecule has 1 aromatic carbocycles. The molecule has 2 aromatic heterocycles. The molecule has 3 aromatic rings. The number of halogens is 2. The summed E-state index contributed by atoms with van der Waals surface area (Å²) < 4.78 is 20.2. The predicted octanol–water partition coefficient (Wildman–Crippen LogP) is 3.36. The molecule has 9 heteroatoms. The van der Waals surface area contributed by atoms with E-state index in [2.05, 4.69) is 10.2 Å². The Morgan fingerprint density at radius 3 is 2.67 bits per heavy atom. The van der Waals surface area contributed by atoms with Crippen LogP contribution in [0, 0.1) is 5.82 Å². The molecule has 2 heterocycles. The molecule has 0 fully saturated rings. The highest BCUT2D eigenvalue weighted by Crippen LogP contribution is 2.24. The first-order chi connectivity index (χ1) is 12.9. The molecule has 0 aliphatic carbocycles. The summed E-state index contributed by atoms with van der Waals surface area (Å²) in [5.74, 6) is -1.32. The average molecular weight is 393 g/mol. The van der Waals surface area contributed by atoms with Crippen molar-refractivity contribution in [3.05, 3.63) is 57.2 Å². The van der Waals surface area contributed by atoms with Crippen LogP contribution in [0.1, 0.15) is 31.1 Å². The molecule has 0 spiro atoms. The number of esters is 1. The molecule has 0 aliphatic heterocycles. The van der Waals surface area contributed by atoms with E-state index in [1.54, 1.807) is 6.92 Å². The van der Waals surface area contributed by atoms with Crippen molar-refractivity contribution < 1.29 is 13.9 Å². The monoisotopic (exact) mass is 392 g/mol. The fourth-order valence-corrected chi connectivity index (χ4v) is 2.51. The lowest BCUT2D eigenvalue weighted by Gasteiger charge is -2.13. The van der Waals surface area contributed by atoms with Gasteiger partial charge in [-0.2, -0.15) is 5.10 Å². The second-order valence-electron chi connectivity index (χ2n) is 5.09. The number of hydrogen-bond acceptors (Lipinski definition) is 6. The second-order valence-corrected chi connectivity index (χ2v) is 5.50. The van der Waals surface area contributed by atoms with E-state index in [0.29, 0.717) is 5.69 Å².